The van der Waals surface area contributed by atoms with Crippen LogP contribution in [0.5, 0.6) is 0 Å². The Morgan fingerprint density at radius 2 is 2.10 bits per heavy atom. The molecule has 0 heterocycles. The third-order valence-corrected chi connectivity index (χ3v) is 3.96. The van der Waals surface area contributed by atoms with Gasteiger partial charge in [-0.15, -0.1) is 6.42 Å². The van der Waals surface area contributed by atoms with E-state index in [1.807, 2.05) is 25.1 Å². The summed E-state index contributed by atoms with van der Waals surface area (Å²) < 4.78 is 0. The molecule has 102 valence electrons. The summed E-state index contributed by atoms with van der Waals surface area (Å²) in [4.78, 5) is 11.4. The molecule has 1 aromatic carbocycles. The predicted molar refractivity (Wildman–Crippen MR) is 82.2 cm³/mol. The van der Waals surface area contributed by atoms with Crippen LogP contribution in [0.15, 0.2) is 24.3 Å². The van der Waals surface area contributed by atoms with Crippen molar-refractivity contribution in [1.82, 2.24) is 0 Å². The molecule has 2 heteroatoms. The van der Waals surface area contributed by atoms with E-state index in [9.17, 15) is 9.90 Å². The van der Waals surface area contributed by atoms with Crippen LogP contribution in [0.4, 0.5) is 0 Å². The van der Waals surface area contributed by atoms with E-state index in [1.54, 1.807) is 13.8 Å². The number of aliphatic carboxylic acids is 1. The monoisotopic (exact) mass is 266 g/mol. The highest BCUT2D eigenvalue weighted by Gasteiger charge is 2.34. The molecule has 0 saturated heterocycles. The minimum Gasteiger partial charge on any atom is -0.481 e. The van der Waals surface area contributed by atoms with Crippen LogP contribution in [0.25, 0.3) is 11.6 Å². The van der Waals surface area contributed by atoms with Gasteiger partial charge in [-0.05, 0) is 67.2 Å². The van der Waals surface area contributed by atoms with E-state index in [0.717, 1.165) is 33.4 Å². The minimum atomic E-state index is -0.902. The Bertz CT molecular complexity index is 682. The zero-order valence-electron chi connectivity index (χ0n) is 12.1. The van der Waals surface area contributed by atoms with Crippen LogP contribution < -0.4 is 0 Å². The molecule has 1 aromatic rings. The van der Waals surface area contributed by atoms with Crippen molar-refractivity contribution in [2.24, 2.45) is 5.41 Å². The van der Waals surface area contributed by atoms with Crippen LogP contribution >= 0.6 is 0 Å². The quantitative estimate of drug-likeness (QED) is 0.825. The molecule has 0 amide bonds. The number of carbonyl (C=O) groups is 1. The van der Waals surface area contributed by atoms with Gasteiger partial charge in [-0.1, -0.05) is 18.6 Å². The van der Waals surface area contributed by atoms with Crippen LogP contribution in [0.3, 0.4) is 0 Å². The summed E-state index contributed by atoms with van der Waals surface area (Å²) in [5, 5.41) is 9.38. The number of aryl methyl sites for hydroxylation is 1. The van der Waals surface area contributed by atoms with E-state index in [4.69, 9.17) is 6.42 Å². The lowest BCUT2D eigenvalue weighted by Crippen LogP contribution is -2.27. The van der Waals surface area contributed by atoms with Crippen molar-refractivity contribution in [3.63, 3.8) is 0 Å². The van der Waals surface area contributed by atoms with Crippen LogP contribution in [0, 0.1) is 24.7 Å². The van der Waals surface area contributed by atoms with Crippen molar-refractivity contribution in [1.29, 1.82) is 0 Å². The van der Waals surface area contributed by atoms with Gasteiger partial charge in [0.25, 0.3) is 0 Å². The fourth-order valence-electron chi connectivity index (χ4n) is 2.59. The number of fused-ring (bicyclic) bond motifs is 1. The molecule has 2 nitrogen and oxygen atoms in total. The van der Waals surface area contributed by atoms with Crippen molar-refractivity contribution in [3.8, 4) is 12.3 Å². The zero-order chi connectivity index (χ0) is 15.1. The average Bonchev–Trinajstić information content (AvgIpc) is 2.37. The molecule has 2 rings (SSSR count). The molecule has 20 heavy (non-hydrogen) atoms. The second-order valence-electron chi connectivity index (χ2n) is 5.78. The van der Waals surface area contributed by atoms with Gasteiger partial charge in [-0.3, -0.25) is 4.79 Å². The molecule has 0 radical (unpaired) electrons. The Morgan fingerprint density at radius 3 is 2.65 bits per heavy atom. The van der Waals surface area contributed by atoms with E-state index in [2.05, 4.69) is 12.5 Å². The molecular formula is C18H18O2. The largest absolute Gasteiger partial charge is 0.481 e. The summed E-state index contributed by atoms with van der Waals surface area (Å²) in [6, 6.07) is 3.88. The summed E-state index contributed by atoms with van der Waals surface area (Å²) in [6.45, 7) is 9.55. The molecule has 0 bridgehead atoms. The Labute approximate surface area is 119 Å². The maximum Gasteiger partial charge on any atom is 0.313 e. The van der Waals surface area contributed by atoms with Crippen molar-refractivity contribution >= 4 is 17.6 Å². The molecular weight excluding hydrogens is 248 g/mol. The average molecular weight is 266 g/mol. The van der Waals surface area contributed by atoms with Crippen molar-refractivity contribution in [2.75, 3.05) is 0 Å². The lowest BCUT2D eigenvalue weighted by molar-refractivity contribution is -0.144. The maximum absolute atomic E-state index is 11.4. The molecule has 1 aliphatic carbocycles. The number of terminal acetylenes is 1. The van der Waals surface area contributed by atoms with Gasteiger partial charge in [0.1, 0.15) is 0 Å². The standard InChI is InChI=1S/C18H18O2/c1-6-13-7-11(2)16-12(3)8-15(10-14(16)9-13)18(4,5)17(19)20/h1,7,9-10H,3,8H2,2,4-5H3,(H,19,20). The molecule has 0 fully saturated rings. The fourth-order valence-corrected chi connectivity index (χ4v) is 2.59. The van der Waals surface area contributed by atoms with Crippen LogP contribution in [-0.2, 0) is 4.79 Å². The van der Waals surface area contributed by atoms with Crippen molar-refractivity contribution in [2.45, 2.75) is 27.2 Å². The van der Waals surface area contributed by atoms with E-state index in [0.29, 0.717) is 6.42 Å². The second kappa shape index (κ2) is 4.68. The second-order valence-corrected chi connectivity index (χ2v) is 5.78. The van der Waals surface area contributed by atoms with Gasteiger partial charge in [-0.2, -0.15) is 0 Å². The number of hydrogen-bond donors (Lipinski definition) is 1. The van der Waals surface area contributed by atoms with Crippen LogP contribution in [0.2, 0.25) is 0 Å². The Hall–Kier alpha value is -2.27. The van der Waals surface area contributed by atoms with Gasteiger partial charge < -0.3 is 5.11 Å². The molecule has 0 saturated carbocycles. The highest BCUT2D eigenvalue weighted by Crippen LogP contribution is 2.41. The lowest BCUT2D eigenvalue weighted by Gasteiger charge is -2.29. The van der Waals surface area contributed by atoms with Gasteiger partial charge in [-0.25, -0.2) is 0 Å². The Kier molecular flexibility index (Phi) is 3.31. The molecule has 0 unspecified atom stereocenters. The van der Waals surface area contributed by atoms with Crippen molar-refractivity contribution in [3.05, 3.63) is 46.5 Å². The summed E-state index contributed by atoms with van der Waals surface area (Å²) in [5.74, 6) is 1.80. The highest BCUT2D eigenvalue weighted by molar-refractivity contribution is 5.88. The third kappa shape index (κ3) is 2.16. The number of carboxylic acid groups (broad SMARTS) is 1. The number of rotatable bonds is 2. The first-order valence-corrected chi connectivity index (χ1v) is 6.51. The van der Waals surface area contributed by atoms with Crippen LogP contribution in [0.1, 0.15) is 42.5 Å². The van der Waals surface area contributed by atoms with E-state index in [1.165, 1.54) is 0 Å². The molecule has 0 aromatic heterocycles. The fraction of sp³-hybridized carbons (Fsp3) is 0.278. The van der Waals surface area contributed by atoms with E-state index in [-0.39, 0.29) is 0 Å². The predicted octanol–water partition coefficient (Wildman–Crippen LogP) is 3.89. The number of benzene rings is 1. The summed E-state index contributed by atoms with van der Waals surface area (Å²) in [5.41, 5.74) is 4.86. The van der Waals surface area contributed by atoms with Gasteiger partial charge in [0.05, 0.1) is 5.41 Å². The van der Waals surface area contributed by atoms with Gasteiger partial charge in [0.2, 0.25) is 0 Å². The van der Waals surface area contributed by atoms with Gasteiger partial charge in [0, 0.05) is 5.56 Å². The summed E-state index contributed by atoms with van der Waals surface area (Å²) in [7, 11) is 0. The zero-order valence-corrected chi connectivity index (χ0v) is 12.1. The molecule has 0 spiro atoms. The minimum absolute atomic E-state index is 0.586. The Morgan fingerprint density at radius 1 is 1.45 bits per heavy atom. The summed E-state index contributed by atoms with van der Waals surface area (Å²) in [6.07, 6.45) is 8.00. The maximum atomic E-state index is 11.4. The first-order valence-electron chi connectivity index (χ1n) is 6.51. The normalized spacial score (nSPS) is 14.3. The number of hydrogen-bond acceptors (Lipinski definition) is 1. The molecule has 1 aliphatic rings. The Balaban J connectivity index is 2.65. The first-order chi connectivity index (χ1) is 9.27. The molecule has 0 aliphatic heterocycles. The van der Waals surface area contributed by atoms with Crippen LogP contribution in [-0.4, -0.2) is 11.1 Å². The van der Waals surface area contributed by atoms with Gasteiger partial charge >= 0.3 is 5.97 Å². The lowest BCUT2D eigenvalue weighted by atomic mass is 9.74. The number of carboxylic acids is 1. The summed E-state index contributed by atoms with van der Waals surface area (Å²) >= 11 is 0. The third-order valence-electron chi connectivity index (χ3n) is 3.96. The smallest absolute Gasteiger partial charge is 0.313 e. The molecule has 1 N–H and O–H groups in total. The number of allylic oxidation sites excluding steroid dienone is 1. The first kappa shape index (κ1) is 14.1. The van der Waals surface area contributed by atoms with E-state index >= 15 is 0 Å². The van der Waals surface area contributed by atoms with E-state index < -0.39 is 11.4 Å². The van der Waals surface area contributed by atoms with Crippen molar-refractivity contribution < 1.29 is 9.90 Å². The molecule has 0 atom stereocenters. The SMILES string of the molecule is C#Cc1cc(C)c2c(c1)C=C(C(C)(C)C(=O)O)CC2=C. The topological polar surface area (TPSA) is 37.3 Å². The van der Waals surface area contributed by atoms with Gasteiger partial charge in [0.15, 0.2) is 0 Å². The highest BCUT2D eigenvalue weighted by atomic mass is 16.4.